The van der Waals surface area contributed by atoms with Crippen molar-refractivity contribution in [1.29, 1.82) is 0 Å². The van der Waals surface area contributed by atoms with Crippen LogP contribution in [0.2, 0.25) is 0 Å². The number of benzene rings is 2. The monoisotopic (exact) mass is 377 g/mol. The smallest absolute Gasteiger partial charge is 0.459 e. The maximum Gasteiger partial charge on any atom is 0.502 e. The van der Waals surface area contributed by atoms with Gasteiger partial charge in [0.25, 0.3) is 0 Å². The van der Waals surface area contributed by atoms with Gasteiger partial charge >= 0.3 is 12.1 Å². The molecule has 136 valence electrons. The first-order chi connectivity index (χ1) is 12.3. The molecule has 4 nitrogen and oxygen atoms in total. The molecule has 0 atom stereocenters. The van der Waals surface area contributed by atoms with E-state index in [0.29, 0.717) is 5.56 Å². The second-order valence-corrected chi connectivity index (χ2v) is 6.84. The van der Waals surface area contributed by atoms with Crippen LogP contribution in [0.3, 0.4) is 0 Å². The number of ether oxygens (including phenoxy) is 2. The Morgan fingerprint density at radius 3 is 2.65 bits per heavy atom. The van der Waals surface area contributed by atoms with E-state index in [0.717, 1.165) is 26.4 Å². The topological polar surface area (TPSA) is 48.4 Å². The fourth-order valence-electron chi connectivity index (χ4n) is 2.45. The number of carbonyl (C=O) groups excluding carboxylic acids is 1. The number of aromatic nitrogens is 1. The van der Waals surface area contributed by atoms with Gasteiger partial charge in [0, 0.05) is 5.56 Å². The molecular formula is C19H17F2NO3S. The first kappa shape index (κ1) is 18.3. The van der Waals surface area contributed by atoms with Crippen LogP contribution >= 0.6 is 11.3 Å². The van der Waals surface area contributed by atoms with Crippen molar-refractivity contribution in [3.63, 3.8) is 0 Å². The van der Waals surface area contributed by atoms with Crippen LogP contribution in [0.25, 0.3) is 20.8 Å². The van der Waals surface area contributed by atoms with Gasteiger partial charge in [-0.2, -0.15) is 8.78 Å². The van der Waals surface area contributed by atoms with Gasteiger partial charge in [0.05, 0.1) is 16.8 Å². The van der Waals surface area contributed by atoms with Crippen LogP contribution in [0.4, 0.5) is 8.78 Å². The minimum atomic E-state index is -4.03. The van der Waals surface area contributed by atoms with Crippen molar-refractivity contribution in [3.05, 3.63) is 47.5 Å². The Bertz CT molecular complexity index is 969. The molecule has 3 rings (SSSR count). The molecule has 0 bridgehead atoms. The van der Waals surface area contributed by atoms with Crippen LogP contribution < -0.4 is 4.74 Å². The van der Waals surface area contributed by atoms with E-state index in [1.54, 1.807) is 19.1 Å². The molecule has 2 aromatic carbocycles. The number of halogens is 2. The number of fused-ring (bicyclic) bond motifs is 1. The number of hydrogen-bond acceptors (Lipinski definition) is 5. The van der Waals surface area contributed by atoms with Gasteiger partial charge in [0.15, 0.2) is 0 Å². The lowest BCUT2D eigenvalue weighted by molar-refractivity contribution is -0.216. The maximum atomic E-state index is 13.8. The van der Waals surface area contributed by atoms with Gasteiger partial charge in [0.2, 0.25) is 0 Å². The molecule has 1 aromatic heterocycles. The number of esters is 1. The summed E-state index contributed by atoms with van der Waals surface area (Å²) in [6.07, 6.45) is -4.03. The fraction of sp³-hybridized carbons (Fsp3) is 0.263. The van der Waals surface area contributed by atoms with Crippen molar-refractivity contribution in [2.45, 2.75) is 26.9 Å². The molecule has 0 fully saturated rings. The van der Waals surface area contributed by atoms with Crippen molar-refractivity contribution in [2.24, 2.45) is 0 Å². The van der Waals surface area contributed by atoms with Gasteiger partial charge < -0.3 is 9.47 Å². The van der Waals surface area contributed by atoms with Crippen LogP contribution in [-0.4, -0.2) is 23.7 Å². The molecule has 0 saturated carbocycles. The number of aryl methyl sites for hydroxylation is 2. The average Bonchev–Trinajstić information content (AvgIpc) is 2.99. The minimum absolute atomic E-state index is 0.0799. The molecule has 0 aliphatic rings. The minimum Gasteiger partial charge on any atom is -0.459 e. The van der Waals surface area contributed by atoms with Crippen LogP contribution in [0.15, 0.2) is 36.4 Å². The Morgan fingerprint density at radius 2 is 1.96 bits per heavy atom. The summed E-state index contributed by atoms with van der Waals surface area (Å²) in [5.41, 5.74) is 3.31. The molecule has 0 aliphatic carbocycles. The summed E-state index contributed by atoms with van der Waals surface area (Å²) >= 11 is 1.53. The molecule has 0 amide bonds. The summed E-state index contributed by atoms with van der Waals surface area (Å²) in [5, 5.41) is 0.789. The third kappa shape index (κ3) is 3.67. The summed E-state index contributed by atoms with van der Waals surface area (Å²) in [6, 6.07) is 10.8. The van der Waals surface area contributed by atoms with Crippen LogP contribution in [0.5, 0.6) is 5.75 Å². The molecule has 0 unspecified atom stereocenters. The van der Waals surface area contributed by atoms with E-state index in [2.05, 4.69) is 20.5 Å². The first-order valence-corrected chi connectivity index (χ1v) is 8.84. The van der Waals surface area contributed by atoms with Crippen molar-refractivity contribution in [2.75, 3.05) is 6.61 Å². The van der Waals surface area contributed by atoms with Crippen molar-refractivity contribution < 1.29 is 23.0 Å². The second-order valence-electron chi connectivity index (χ2n) is 5.81. The van der Waals surface area contributed by atoms with Gasteiger partial charge in [-0.25, -0.2) is 9.78 Å². The van der Waals surface area contributed by atoms with E-state index < -0.39 is 12.1 Å². The summed E-state index contributed by atoms with van der Waals surface area (Å²) in [4.78, 5) is 15.9. The van der Waals surface area contributed by atoms with E-state index in [4.69, 9.17) is 0 Å². The highest BCUT2D eigenvalue weighted by Gasteiger charge is 2.44. The van der Waals surface area contributed by atoms with Gasteiger partial charge in [0.1, 0.15) is 10.8 Å². The highest BCUT2D eigenvalue weighted by atomic mass is 32.1. The Labute approximate surface area is 153 Å². The third-order valence-electron chi connectivity index (χ3n) is 3.72. The van der Waals surface area contributed by atoms with Crippen LogP contribution in [0, 0.1) is 13.8 Å². The Balaban J connectivity index is 1.88. The van der Waals surface area contributed by atoms with Crippen molar-refractivity contribution in [3.8, 4) is 16.3 Å². The molecule has 0 N–H and O–H groups in total. The maximum absolute atomic E-state index is 13.8. The normalized spacial score (nSPS) is 11.6. The molecular weight excluding hydrogens is 360 g/mol. The SMILES string of the molecule is CCOC(=O)C(F)(F)Oc1ccc(-c2nc3ccc(C)cc3s2)cc1C. The predicted molar refractivity (Wildman–Crippen MR) is 96.7 cm³/mol. The molecule has 0 saturated heterocycles. The number of rotatable bonds is 5. The van der Waals surface area contributed by atoms with E-state index in [-0.39, 0.29) is 12.4 Å². The molecule has 26 heavy (non-hydrogen) atoms. The van der Waals surface area contributed by atoms with Crippen molar-refractivity contribution >= 4 is 27.5 Å². The second kappa shape index (κ2) is 6.99. The standard InChI is InChI=1S/C19H17F2NO3S/c1-4-24-18(23)19(20,21)25-15-8-6-13(10-12(15)3)17-22-14-7-5-11(2)9-16(14)26-17/h5-10H,4H2,1-3H3. The number of alkyl halides is 2. The molecule has 3 aromatic rings. The number of thiazole rings is 1. The average molecular weight is 377 g/mol. The Kier molecular flexibility index (Phi) is 4.91. The molecule has 7 heteroatoms. The quantitative estimate of drug-likeness (QED) is 0.580. The zero-order chi connectivity index (χ0) is 18.9. The van der Waals surface area contributed by atoms with Gasteiger partial charge in [-0.3, -0.25) is 0 Å². The lowest BCUT2D eigenvalue weighted by Crippen LogP contribution is -2.37. The Morgan fingerprint density at radius 1 is 1.19 bits per heavy atom. The highest BCUT2D eigenvalue weighted by molar-refractivity contribution is 7.21. The summed E-state index contributed by atoms with van der Waals surface area (Å²) < 4.78 is 37.5. The summed E-state index contributed by atoms with van der Waals surface area (Å²) in [6.45, 7) is 4.96. The first-order valence-electron chi connectivity index (χ1n) is 8.02. The predicted octanol–water partition coefficient (Wildman–Crippen LogP) is 5.11. The largest absolute Gasteiger partial charge is 0.502 e. The lowest BCUT2D eigenvalue weighted by atomic mass is 10.1. The van der Waals surface area contributed by atoms with Crippen molar-refractivity contribution in [1.82, 2.24) is 4.98 Å². The third-order valence-corrected chi connectivity index (χ3v) is 4.78. The lowest BCUT2D eigenvalue weighted by Gasteiger charge is -2.17. The fourth-order valence-corrected chi connectivity index (χ4v) is 3.51. The zero-order valence-electron chi connectivity index (χ0n) is 14.5. The number of nitrogens with zero attached hydrogens (tertiary/aromatic N) is 1. The van der Waals surface area contributed by atoms with Crippen LogP contribution in [0.1, 0.15) is 18.1 Å². The molecule has 0 spiro atoms. The van der Waals surface area contributed by atoms with Gasteiger partial charge in [-0.05, 0) is 62.2 Å². The number of hydrogen-bond donors (Lipinski definition) is 0. The van der Waals surface area contributed by atoms with Gasteiger partial charge in [-0.1, -0.05) is 6.07 Å². The highest BCUT2D eigenvalue weighted by Crippen LogP contribution is 2.34. The number of carbonyl (C=O) groups is 1. The van der Waals surface area contributed by atoms with E-state index in [1.807, 2.05) is 19.1 Å². The zero-order valence-corrected chi connectivity index (χ0v) is 15.3. The summed E-state index contributed by atoms with van der Waals surface area (Å²) in [7, 11) is 0. The molecule has 0 aliphatic heterocycles. The Hall–Kier alpha value is -2.54. The molecule has 1 heterocycles. The molecule has 0 radical (unpaired) electrons. The van der Waals surface area contributed by atoms with E-state index in [9.17, 15) is 13.6 Å². The summed E-state index contributed by atoms with van der Waals surface area (Å²) in [5.74, 6) is -1.78. The van der Waals surface area contributed by atoms with Crippen LogP contribution in [-0.2, 0) is 9.53 Å². The van der Waals surface area contributed by atoms with Gasteiger partial charge in [-0.15, -0.1) is 11.3 Å². The van der Waals surface area contributed by atoms with E-state index in [1.165, 1.54) is 24.3 Å². The van der Waals surface area contributed by atoms with E-state index >= 15 is 0 Å².